The topological polar surface area (TPSA) is 66.5 Å². The number of hydrogen-bond donors (Lipinski definition) is 1. The van der Waals surface area contributed by atoms with Crippen molar-refractivity contribution >= 4 is 62.1 Å². The first-order chi connectivity index (χ1) is 14.6. The maximum atomic E-state index is 13.4. The molecular formula is C22H19Cl3N2O3S. The molecule has 0 radical (unpaired) electrons. The number of aryl methyl sites for hydroxylation is 2. The Morgan fingerprint density at radius 3 is 2.16 bits per heavy atom. The van der Waals surface area contributed by atoms with Gasteiger partial charge in [0.1, 0.15) is 6.54 Å². The highest BCUT2D eigenvalue weighted by Gasteiger charge is 2.27. The number of halogens is 3. The van der Waals surface area contributed by atoms with E-state index in [-0.39, 0.29) is 9.92 Å². The van der Waals surface area contributed by atoms with Crippen molar-refractivity contribution in [1.29, 1.82) is 0 Å². The van der Waals surface area contributed by atoms with Gasteiger partial charge in [0.25, 0.3) is 10.0 Å². The van der Waals surface area contributed by atoms with Crippen LogP contribution >= 0.6 is 34.8 Å². The van der Waals surface area contributed by atoms with E-state index in [9.17, 15) is 13.2 Å². The van der Waals surface area contributed by atoms with Crippen LogP contribution in [-0.2, 0) is 14.8 Å². The van der Waals surface area contributed by atoms with E-state index in [1.807, 2.05) is 19.9 Å². The molecule has 5 nitrogen and oxygen atoms in total. The second-order valence-electron chi connectivity index (χ2n) is 6.91. The van der Waals surface area contributed by atoms with Crippen molar-refractivity contribution in [2.45, 2.75) is 18.7 Å². The van der Waals surface area contributed by atoms with Gasteiger partial charge >= 0.3 is 0 Å². The van der Waals surface area contributed by atoms with Crippen LogP contribution in [0.2, 0.25) is 15.1 Å². The lowest BCUT2D eigenvalue weighted by atomic mass is 10.1. The molecule has 0 saturated carbocycles. The van der Waals surface area contributed by atoms with Gasteiger partial charge in [-0.2, -0.15) is 0 Å². The monoisotopic (exact) mass is 496 g/mol. The highest BCUT2D eigenvalue weighted by atomic mass is 35.5. The SMILES string of the molecule is Cc1ccc(N(CC(=O)Nc2ccc(Cl)c(Cl)c2)S(=O)(=O)c2ccc(Cl)cc2)cc1C. The second kappa shape index (κ2) is 9.49. The maximum Gasteiger partial charge on any atom is 0.264 e. The molecule has 0 aliphatic carbocycles. The molecule has 31 heavy (non-hydrogen) atoms. The number of nitrogens with zero attached hydrogens (tertiary/aromatic N) is 1. The zero-order chi connectivity index (χ0) is 22.8. The van der Waals surface area contributed by atoms with Gasteiger partial charge in [-0.05, 0) is 79.6 Å². The van der Waals surface area contributed by atoms with Crippen LogP contribution in [0.25, 0.3) is 0 Å². The van der Waals surface area contributed by atoms with E-state index >= 15 is 0 Å². The van der Waals surface area contributed by atoms with Crippen LogP contribution in [-0.4, -0.2) is 20.9 Å². The van der Waals surface area contributed by atoms with Gasteiger partial charge in [0.2, 0.25) is 5.91 Å². The molecular weight excluding hydrogens is 479 g/mol. The lowest BCUT2D eigenvalue weighted by Crippen LogP contribution is -2.38. The minimum Gasteiger partial charge on any atom is -0.324 e. The first kappa shape index (κ1) is 23.4. The molecule has 3 rings (SSSR count). The van der Waals surface area contributed by atoms with E-state index in [1.165, 1.54) is 30.3 Å². The fourth-order valence-electron chi connectivity index (χ4n) is 2.83. The Labute approximate surface area is 196 Å². The van der Waals surface area contributed by atoms with Crippen molar-refractivity contribution in [3.63, 3.8) is 0 Å². The summed E-state index contributed by atoms with van der Waals surface area (Å²) in [6.45, 7) is 3.36. The molecule has 0 unspecified atom stereocenters. The molecule has 0 aromatic heterocycles. The van der Waals surface area contributed by atoms with Crippen molar-refractivity contribution in [3.05, 3.63) is 86.9 Å². The number of nitrogens with one attached hydrogen (secondary N) is 1. The first-order valence-corrected chi connectivity index (χ1v) is 11.8. The quantitative estimate of drug-likeness (QED) is 0.447. The van der Waals surface area contributed by atoms with Crippen LogP contribution in [0.1, 0.15) is 11.1 Å². The number of benzene rings is 3. The third-order valence-electron chi connectivity index (χ3n) is 4.67. The van der Waals surface area contributed by atoms with Crippen molar-refractivity contribution in [1.82, 2.24) is 0 Å². The number of hydrogen-bond acceptors (Lipinski definition) is 3. The van der Waals surface area contributed by atoms with Gasteiger partial charge in [0, 0.05) is 10.7 Å². The summed E-state index contributed by atoms with van der Waals surface area (Å²) in [7, 11) is -4.04. The molecule has 0 aliphatic heterocycles. The smallest absolute Gasteiger partial charge is 0.264 e. The minimum atomic E-state index is -4.04. The van der Waals surface area contributed by atoms with Gasteiger partial charge in [-0.3, -0.25) is 9.10 Å². The van der Waals surface area contributed by atoms with Crippen LogP contribution in [0.4, 0.5) is 11.4 Å². The lowest BCUT2D eigenvalue weighted by molar-refractivity contribution is -0.114. The number of sulfonamides is 1. The summed E-state index contributed by atoms with van der Waals surface area (Å²) in [6.07, 6.45) is 0. The van der Waals surface area contributed by atoms with Crippen LogP contribution < -0.4 is 9.62 Å². The number of rotatable bonds is 6. The third-order valence-corrected chi connectivity index (χ3v) is 7.45. The van der Waals surface area contributed by atoms with Crippen LogP contribution in [0, 0.1) is 13.8 Å². The summed E-state index contributed by atoms with van der Waals surface area (Å²) in [5, 5.41) is 3.70. The summed E-state index contributed by atoms with van der Waals surface area (Å²) in [4.78, 5) is 12.8. The molecule has 0 fully saturated rings. The first-order valence-electron chi connectivity index (χ1n) is 9.18. The van der Waals surface area contributed by atoms with Gasteiger partial charge in [0.15, 0.2) is 0 Å². The van der Waals surface area contributed by atoms with E-state index in [0.717, 1.165) is 15.4 Å². The second-order valence-corrected chi connectivity index (χ2v) is 10.0. The summed E-state index contributed by atoms with van der Waals surface area (Å²) in [5.74, 6) is -0.533. The molecule has 0 bridgehead atoms. The molecule has 0 aliphatic rings. The molecule has 9 heteroatoms. The van der Waals surface area contributed by atoms with Gasteiger partial charge in [-0.25, -0.2) is 8.42 Å². The van der Waals surface area contributed by atoms with Crippen molar-refractivity contribution in [2.75, 3.05) is 16.2 Å². The highest BCUT2D eigenvalue weighted by molar-refractivity contribution is 7.92. The predicted octanol–water partition coefficient (Wildman–Crippen LogP) is 6.10. The Balaban J connectivity index is 1.97. The lowest BCUT2D eigenvalue weighted by Gasteiger charge is -2.25. The van der Waals surface area contributed by atoms with Gasteiger partial charge in [0.05, 0.1) is 20.6 Å². The number of carbonyl (C=O) groups is 1. The number of carbonyl (C=O) groups excluding carboxylic acids is 1. The maximum absolute atomic E-state index is 13.4. The molecule has 0 heterocycles. The Morgan fingerprint density at radius 2 is 1.55 bits per heavy atom. The zero-order valence-electron chi connectivity index (χ0n) is 16.7. The predicted molar refractivity (Wildman–Crippen MR) is 127 cm³/mol. The molecule has 0 spiro atoms. The van der Waals surface area contributed by atoms with E-state index in [2.05, 4.69) is 5.32 Å². The van der Waals surface area contributed by atoms with Crippen LogP contribution in [0.5, 0.6) is 0 Å². The average molecular weight is 498 g/mol. The summed E-state index contributed by atoms with van der Waals surface area (Å²) in [5.41, 5.74) is 2.69. The molecule has 3 aromatic carbocycles. The van der Waals surface area contributed by atoms with Crippen molar-refractivity contribution < 1.29 is 13.2 Å². The van der Waals surface area contributed by atoms with Crippen LogP contribution in [0.3, 0.4) is 0 Å². The summed E-state index contributed by atoms with van der Waals surface area (Å²) >= 11 is 17.8. The van der Waals surface area contributed by atoms with E-state index in [1.54, 1.807) is 24.3 Å². The van der Waals surface area contributed by atoms with Crippen molar-refractivity contribution in [2.24, 2.45) is 0 Å². The molecule has 1 amide bonds. The largest absolute Gasteiger partial charge is 0.324 e. The molecule has 162 valence electrons. The molecule has 3 aromatic rings. The molecule has 0 atom stereocenters. The minimum absolute atomic E-state index is 0.0254. The molecule has 0 saturated heterocycles. The van der Waals surface area contributed by atoms with E-state index < -0.39 is 22.5 Å². The Bertz CT molecular complexity index is 1230. The van der Waals surface area contributed by atoms with Crippen molar-refractivity contribution in [3.8, 4) is 0 Å². The van der Waals surface area contributed by atoms with E-state index in [0.29, 0.717) is 21.4 Å². The van der Waals surface area contributed by atoms with E-state index in [4.69, 9.17) is 34.8 Å². The fourth-order valence-corrected chi connectivity index (χ4v) is 4.67. The average Bonchev–Trinajstić information content (AvgIpc) is 2.71. The standard InChI is InChI=1S/C22H19Cl3N2O3S/c1-14-3-7-18(11-15(14)2)27(31(29,30)19-8-4-16(23)5-9-19)13-22(28)26-17-6-10-20(24)21(25)12-17/h3-12H,13H2,1-2H3,(H,26,28). The Hall–Kier alpha value is -2.25. The van der Waals surface area contributed by atoms with Gasteiger partial charge in [-0.15, -0.1) is 0 Å². The summed E-state index contributed by atoms with van der Waals surface area (Å²) < 4.78 is 27.8. The number of amides is 1. The number of anilines is 2. The summed E-state index contributed by atoms with van der Waals surface area (Å²) in [6, 6.07) is 15.6. The van der Waals surface area contributed by atoms with Crippen LogP contribution in [0.15, 0.2) is 65.6 Å². The Kier molecular flexibility index (Phi) is 7.17. The van der Waals surface area contributed by atoms with Gasteiger partial charge < -0.3 is 5.32 Å². The highest BCUT2D eigenvalue weighted by Crippen LogP contribution is 2.28. The normalized spacial score (nSPS) is 11.3. The third kappa shape index (κ3) is 5.52. The fraction of sp³-hybridized carbons (Fsp3) is 0.136. The molecule has 1 N–H and O–H groups in total. The zero-order valence-corrected chi connectivity index (χ0v) is 19.8. The Morgan fingerprint density at radius 1 is 0.871 bits per heavy atom. The van der Waals surface area contributed by atoms with Gasteiger partial charge in [-0.1, -0.05) is 40.9 Å².